The van der Waals surface area contributed by atoms with Crippen LogP contribution in [0.4, 0.5) is 0 Å². The van der Waals surface area contributed by atoms with Crippen LogP contribution < -0.4 is 0 Å². The number of benzene rings is 1. The van der Waals surface area contributed by atoms with Crippen LogP contribution >= 0.6 is 0 Å². The van der Waals surface area contributed by atoms with E-state index in [1.165, 1.54) is 15.8 Å². The van der Waals surface area contributed by atoms with Crippen molar-refractivity contribution in [3.05, 3.63) is 41.7 Å². The lowest BCUT2D eigenvalue weighted by atomic mass is 10.2. The van der Waals surface area contributed by atoms with Crippen molar-refractivity contribution in [1.82, 2.24) is 19.9 Å². The summed E-state index contributed by atoms with van der Waals surface area (Å²) in [5, 5.41) is 17.0. The van der Waals surface area contributed by atoms with Gasteiger partial charge in [-0.15, -0.1) is 5.10 Å². The van der Waals surface area contributed by atoms with Gasteiger partial charge in [0, 0.05) is 6.54 Å². The smallest absolute Gasteiger partial charge is 0.326 e. The molecule has 1 aliphatic rings. The summed E-state index contributed by atoms with van der Waals surface area (Å²) in [6.07, 6.45) is 2.70. The van der Waals surface area contributed by atoms with Gasteiger partial charge in [-0.05, 0) is 31.9 Å². The molecular formula is C15H16N4O3. The molecule has 0 saturated carbocycles. The highest BCUT2D eigenvalue weighted by Crippen LogP contribution is 2.20. The Hall–Kier alpha value is -2.70. The van der Waals surface area contributed by atoms with Gasteiger partial charge in [0.2, 0.25) is 0 Å². The van der Waals surface area contributed by atoms with Crippen molar-refractivity contribution in [1.29, 1.82) is 0 Å². The molecule has 1 saturated heterocycles. The monoisotopic (exact) mass is 300 g/mol. The number of aryl methyl sites for hydroxylation is 1. The van der Waals surface area contributed by atoms with Crippen molar-refractivity contribution < 1.29 is 14.7 Å². The summed E-state index contributed by atoms with van der Waals surface area (Å²) in [5.41, 5.74) is 2.09. The average Bonchev–Trinajstić information content (AvgIpc) is 3.17. The molecule has 1 amide bonds. The van der Waals surface area contributed by atoms with E-state index in [2.05, 4.69) is 10.3 Å². The van der Waals surface area contributed by atoms with Gasteiger partial charge < -0.3 is 10.0 Å². The van der Waals surface area contributed by atoms with Gasteiger partial charge in [-0.3, -0.25) is 4.79 Å². The van der Waals surface area contributed by atoms with Crippen LogP contribution in [0, 0.1) is 6.92 Å². The van der Waals surface area contributed by atoms with E-state index < -0.39 is 12.0 Å². The SMILES string of the molecule is Cc1ccc(-n2cc(C(=O)N3CCC[C@@H]3C(=O)O)nn2)cc1. The summed E-state index contributed by atoms with van der Waals surface area (Å²) in [4.78, 5) is 24.9. The minimum atomic E-state index is -0.975. The lowest BCUT2D eigenvalue weighted by molar-refractivity contribution is -0.141. The second kappa shape index (κ2) is 5.59. The van der Waals surface area contributed by atoms with Crippen molar-refractivity contribution in [3.8, 4) is 5.69 Å². The molecule has 114 valence electrons. The number of hydrogen-bond donors (Lipinski definition) is 1. The van der Waals surface area contributed by atoms with Crippen LogP contribution in [-0.2, 0) is 4.79 Å². The first-order valence-corrected chi connectivity index (χ1v) is 7.09. The van der Waals surface area contributed by atoms with Crippen molar-refractivity contribution in [2.45, 2.75) is 25.8 Å². The lowest BCUT2D eigenvalue weighted by Crippen LogP contribution is -2.40. The van der Waals surface area contributed by atoms with Crippen LogP contribution in [0.3, 0.4) is 0 Å². The number of aromatic nitrogens is 3. The van der Waals surface area contributed by atoms with E-state index in [1.807, 2.05) is 31.2 Å². The highest BCUT2D eigenvalue weighted by Gasteiger charge is 2.35. The van der Waals surface area contributed by atoms with E-state index in [1.54, 1.807) is 0 Å². The number of hydrogen-bond acceptors (Lipinski definition) is 4. The molecule has 0 aliphatic carbocycles. The van der Waals surface area contributed by atoms with Gasteiger partial charge >= 0.3 is 5.97 Å². The predicted molar refractivity (Wildman–Crippen MR) is 77.8 cm³/mol. The van der Waals surface area contributed by atoms with Crippen molar-refractivity contribution in [2.24, 2.45) is 0 Å². The number of carbonyl (C=O) groups is 2. The summed E-state index contributed by atoms with van der Waals surface area (Å²) < 4.78 is 1.51. The van der Waals surface area contributed by atoms with Gasteiger partial charge in [-0.2, -0.15) is 0 Å². The normalized spacial score (nSPS) is 17.7. The maximum Gasteiger partial charge on any atom is 0.326 e. The van der Waals surface area contributed by atoms with Crippen LogP contribution in [-0.4, -0.2) is 49.5 Å². The van der Waals surface area contributed by atoms with Crippen LogP contribution in [0.5, 0.6) is 0 Å². The second-order valence-corrected chi connectivity index (χ2v) is 5.38. The number of carboxylic acid groups (broad SMARTS) is 1. The summed E-state index contributed by atoms with van der Waals surface area (Å²) in [6.45, 7) is 2.42. The first kappa shape index (κ1) is 14.2. The van der Waals surface area contributed by atoms with E-state index in [4.69, 9.17) is 5.11 Å². The highest BCUT2D eigenvalue weighted by atomic mass is 16.4. The highest BCUT2D eigenvalue weighted by molar-refractivity contribution is 5.95. The molecule has 1 aromatic carbocycles. The fourth-order valence-electron chi connectivity index (χ4n) is 2.60. The Morgan fingerprint density at radius 2 is 2.00 bits per heavy atom. The van der Waals surface area contributed by atoms with E-state index in [9.17, 15) is 9.59 Å². The van der Waals surface area contributed by atoms with Crippen molar-refractivity contribution in [2.75, 3.05) is 6.54 Å². The largest absolute Gasteiger partial charge is 0.480 e. The number of likely N-dealkylation sites (tertiary alicyclic amines) is 1. The van der Waals surface area contributed by atoms with Gasteiger partial charge in [0.05, 0.1) is 11.9 Å². The Morgan fingerprint density at radius 1 is 1.27 bits per heavy atom. The standard InChI is InChI=1S/C15H16N4O3/c1-10-4-6-11(7-5-10)19-9-12(16-17-19)14(20)18-8-2-3-13(18)15(21)22/h4-7,9,13H,2-3,8H2,1H3,(H,21,22)/t13-/m1/s1. The van der Waals surface area contributed by atoms with Crippen molar-refractivity contribution in [3.63, 3.8) is 0 Å². The molecule has 7 nitrogen and oxygen atoms in total. The Labute approximate surface area is 127 Å². The molecule has 22 heavy (non-hydrogen) atoms. The summed E-state index contributed by atoms with van der Waals surface area (Å²) >= 11 is 0. The zero-order chi connectivity index (χ0) is 15.7. The maximum absolute atomic E-state index is 12.4. The molecule has 0 bridgehead atoms. The van der Waals surface area contributed by atoms with E-state index in [-0.39, 0.29) is 11.6 Å². The zero-order valence-corrected chi connectivity index (χ0v) is 12.1. The van der Waals surface area contributed by atoms with Crippen molar-refractivity contribution >= 4 is 11.9 Å². The number of aliphatic carboxylic acids is 1. The molecule has 2 heterocycles. The first-order chi connectivity index (χ1) is 10.6. The van der Waals surface area contributed by atoms with Crippen LogP contribution in [0.15, 0.2) is 30.5 Å². The topological polar surface area (TPSA) is 88.3 Å². The quantitative estimate of drug-likeness (QED) is 0.922. The molecule has 2 aromatic rings. The number of rotatable bonds is 3. The van der Waals surface area contributed by atoms with E-state index in [0.29, 0.717) is 19.4 Å². The number of amides is 1. The third kappa shape index (κ3) is 2.57. The molecule has 3 rings (SSSR count). The van der Waals surface area contributed by atoms with E-state index in [0.717, 1.165) is 11.3 Å². The summed E-state index contributed by atoms with van der Waals surface area (Å²) in [5.74, 6) is -1.36. The molecule has 1 atom stereocenters. The molecule has 7 heteroatoms. The summed E-state index contributed by atoms with van der Waals surface area (Å²) in [7, 11) is 0. The molecule has 1 aliphatic heterocycles. The number of carboxylic acids is 1. The fourth-order valence-corrected chi connectivity index (χ4v) is 2.60. The Morgan fingerprint density at radius 3 is 2.68 bits per heavy atom. The number of carbonyl (C=O) groups excluding carboxylic acids is 1. The molecular weight excluding hydrogens is 284 g/mol. The first-order valence-electron chi connectivity index (χ1n) is 7.09. The predicted octanol–water partition coefficient (Wildman–Crippen LogP) is 1.26. The van der Waals surface area contributed by atoms with Gasteiger partial charge in [0.1, 0.15) is 6.04 Å². The minimum Gasteiger partial charge on any atom is -0.480 e. The molecule has 0 unspecified atom stereocenters. The van der Waals surface area contributed by atoms with E-state index >= 15 is 0 Å². The van der Waals surface area contributed by atoms with Crippen LogP contribution in [0.1, 0.15) is 28.9 Å². The zero-order valence-electron chi connectivity index (χ0n) is 12.1. The Bertz CT molecular complexity index is 708. The Balaban J connectivity index is 1.82. The van der Waals surface area contributed by atoms with Gasteiger partial charge in [0.25, 0.3) is 5.91 Å². The minimum absolute atomic E-state index is 0.161. The third-order valence-electron chi connectivity index (χ3n) is 3.81. The molecule has 1 N–H and O–H groups in total. The van der Waals surface area contributed by atoms with Gasteiger partial charge in [-0.25, -0.2) is 9.48 Å². The van der Waals surface area contributed by atoms with Gasteiger partial charge in [0.15, 0.2) is 5.69 Å². The molecule has 0 spiro atoms. The molecule has 1 aromatic heterocycles. The lowest BCUT2D eigenvalue weighted by Gasteiger charge is -2.19. The Kier molecular flexibility index (Phi) is 3.62. The second-order valence-electron chi connectivity index (χ2n) is 5.38. The summed E-state index contributed by atoms with van der Waals surface area (Å²) in [6, 6.07) is 6.89. The fraction of sp³-hybridized carbons (Fsp3) is 0.333. The van der Waals surface area contributed by atoms with Gasteiger partial charge in [-0.1, -0.05) is 22.9 Å². The van der Waals surface area contributed by atoms with Crippen LogP contribution in [0.2, 0.25) is 0 Å². The third-order valence-corrected chi connectivity index (χ3v) is 3.81. The average molecular weight is 300 g/mol. The maximum atomic E-state index is 12.4. The molecule has 1 fully saturated rings. The van der Waals surface area contributed by atoms with Crippen LogP contribution in [0.25, 0.3) is 5.69 Å². The number of nitrogens with zero attached hydrogens (tertiary/aromatic N) is 4. The molecule has 0 radical (unpaired) electrons.